The first-order valence-electron chi connectivity index (χ1n) is 10.5. The van der Waals surface area contributed by atoms with E-state index in [1.54, 1.807) is 42.5 Å². The second kappa shape index (κ2) is 10.7. The lowest BCUT2D eigenvalue weighted by Gasteiger charge is -2.32. The maximum Gasteiger partial charge on any atom is 0.329 e. The predicted molar refractivity (Wildman–Crippen MR) is 125 cm³/mol. The SMILES string of the molecule is Cc1cccc(C(=O)N(Cc2ccc(CP(=O)(O)O)cc2)C(CC(=O)O)c2ccc(F)cc2)c1. The minimum absolute atomic E-state index is 0.0400. The fourth-order valence-electron chi connectivity index (χ4n) is 3.71. The van der Waals surface area contributed by atoms with Crippen LogP contribution in [0.25, 0.3) is 0 Å². The van der Waals surface area contributed by atoms with Gasteiger partial charge in [-0.2, -0.15) is 0 Å². The molecule has 34 heavy (non-hydrogen) atoms. The molecule has 0 spiro atoms. The summed E-state index contributed by atoms with van der Waals surface area (Å²) in [5.41, 5.74) is 2.81. The highest BCUT2D eigenvalue weighted by Gasteiger charge is 2.29. The van der Waals surface area contributed by atoms with E-state index in [0.29, 0.717) is 22.3 Å². The van der Waals surface area contributed by atoms with E-state index in [4.69, 9.17) is 0 Å². The van der Waals surface area contributed by atoms with Gasteiger partial charge < -0.3 is 19.8 Å². The number of aryl methyl sites for hydroxylation is 1. The Bertz CT molecular complexity index is 1210. The fourth-order valence-corrected chi connectivity index (χ4v) is 4.40. The number of hydrogen-bond acceptors (Lipinski definition) is 3. The van der Waals surface area contributed by atoms with E-state index in [2.05, 4.69) is 0 Å². The second-order valence-electron chi connectivity index (χ2n) is 8.11. The van der Waals surface area contributed by atoms with E-state index in [0.717, 1.165) is 5.56 Å². The van der Waals surface area contributed by atoms with Gasteiger partial charge in [-0.15, -0.1) is 0 Å². The van der Waals surface area contributed by atoms with Gasteiger partial charge in [-0.25, -0.2) is 4.39 Å². The molecule has 3 rings (SSSR count). The zero-order chi connectivity index (χ0) is 24.9. The van der Waals surface area contributed by atoms with Gasteiger partial charge in [-0.1, -0.05) is 54.1 Å². The maximum absolute atomic E-state index is 13.6. The van der Waals surface area contributed by atoms with Crippen LogP contribution in [0.5, 0.6) is 0 Å². The molecule has 0 saturated heterocycles. The average Bonchev–Trinajstić information content (AvgIpc) is 2.76. The molecule has 0 aromatic heterocycles. The van der Waals surface area contributed by atoms with Crippen LogP contribution in [0.1, 0.15) is 45.1 Å². The summed E-state index contributed by atoms with van der Waals surface area (Å²) >= 11 is 0. The Labute approximate surface area is 196 Å². The summed E-state index contributed by atoms with van der Waals surface area (Å²) in [5, 5.41) is 9.57. The molecule has 178 valence electrons. The molecule has 1 amide bonds. The van der Waals surface area contributed by atoms with Crippen molar-refractivity contribution in [2.75, 3.05) is 0 Å². The van der Waals surface area contributed by atoms with Crippen LogP contribution >= 0.6 is 7.60 Å². The molecule has 0 aliphatic rings. The fraction of sp³-hybridized carbons (Fsp3) is 0.200. The number of nitrogens with zero attached hydrogens (tertiary/aromatic N) is 1. The number of hydrogen-bond donors (Lipinski definition) is 3. The number of carboxylic acids is 1. The van der Waals surface area contributed by atoms with Crippen LogP contribution in [-0.2, 0) is 22.1 Å². The van der Waals surface area contributed by atoms with Crippen molar-refractivity contribution in [2.24, 2.45) is 0 Å². The first-order chi connectivity index (χ1) is 16.0. The van der Waals surface area contributed by atoms with E-state index < -0.39 is 37.5 Å². The predicted octanol–water partition coefficient (Wildman–Crippen LogP) is 4.67. The molecule has 3 aromatic carbocycles. The monoisotopic (exact) mass is 485 g/mol. The molecule has 0 fully saturated rings. The minimum Gasteiger partial charge on any atom is -0.481 e. The summed E-state index contributed by atoms with van der Waals surface area (Å²) in [6.45, 7) is 1.88. The van der Waals surface area contributed by atoms with Gasteiger partial charge in [0.25, 0.3) is 5.91 Å². The number of carbonyl (C=O) groups is 2. The van der Waals surface area contributed by atoms with Crippen LogP contribution in [0.2, 0.25) is 0 Å². The highest BCUT2D eigenvalue weighted by atomic mass is 31.2. The molecule has 0 saturated carbocycles. The Kier molecular flexibility index (Phi) is 7.99. The van der Waals surface area contributed by atoms with Crippen LogP contribution < -0.4 is 0 Å². The van der Waals surface area contributed by atoms with Gasteiger partial charge in [0.05, 0.1) is 18.6 Å². The van der Waals surface area contributed by atoms with Crippen molar-refractivity contribution in [2.45, 2.75) is 32.1 Å². The number of halogens is 1. The highest BCUT2D eigenvalue weighted by molar-refractivity contribution is 7.50. The lowest BCUT2D eigenvalue weighted by atomic mass is 9.99. The van der Waals surface area contributed by atoms with Gasteiger partial charge in [0.1, 0.15) is 5.82 Å². The topological polar surface area (TPSA) is 115 Å². The van der Waals surface area contributed by atoms with Crippen molar-refractivity contribution in [3.8, 4) is 0 Å². The first kappa shape index (κ1) is 25.3. The molecule has 3 N–H and O–H groups in total. The first-order valence-corrected chi connectivity index (χ1v) is 12.3. The minimum atomic E-state index is -4.23. The van der Waals surface area contributed by atoms with Crippen molar-refractivity contribution >= 4 is 19.5 Å². The summed E-state index contributed by atoms with van der Waals surface area (Å²) < 4.78 is 24.8. The molecule has 0 radical (unpaired) electrons. The second-order valence-corrected chi connectivity index (χ2v) is 9.75. The Balaban J connectivity index is 2.01. The van der Waals surface area contributed by atoms with E-state index in [1.165, 1.54) is 29.2 Å². The standard InChI is InChI=1S/C25H25FNO6P/c1-17-3-2-4-21(13-17)25(30)27(15-18-5-7-19(8-6-18)16-34(31,32)33)23(14-24(28)29)20-9-11-22(26)12-10-20/h2-13,23H,14-16H2,1H3,(H,28,29)(H2,31,32,33). The van der Waals surface area contributed by atoms with Gasteiger partial charge in [-0.05, 0) is 47.9 Å². The number of benzene rings is 3. The summed E-state index contributed by atoms with van der Waals surface area (Å²) in [6.07, 6.45) is -0.796. The third-order valence-corrected chi connectivity index (χ3v) is 6.07. The molecule has 0 aliphatic carbocycles. The zero-order valence-corrected chi connectivity index (χ0v) is 19.4. The van der Waals surface area contributed by atoms with Gasteiger partial charge >= 0.3 is 13.6 Å². The molecule has 1 atom stereocenters. The van der Waals surface area contributed by atoms with E-state index in [-0.39, 0.29) is 13.0 Å². The summed E-state index contributed by atoms with van der Waals surface area (Å²) in [6, 6.07) is 17.8. The van der Waals surface area contributed by atoms with Crippen LogP contribution in [0.3, 0.4) is 0 Å². The highest BCUT2D eigenvalue weighted by Crippen LogP contribution is 2.39. The van der Waals surface area contributed by atoms with Gasteiger partial charge in [-0.3, -0.25) is 14.2 Å². The van der Waals surface area contributed by atoms with Crippen molar-refractivity contribution in [3.63, 3.8) is 0 Å². The third-order valence-electron chi connectivity index (χ3n) is 5.29. The quantitative estimate of drug-likeness (QED) is 0.380. The number of carbonyl (C=O) groups excluding carboxylic acids is 1. The van der Waals surface area contributed by atoms with Gasteiger partial charge in [0.2, 0.25) is 0 Å². The lowest BCUT2D eigenvalue weighted by molar-refractivity contribution is -0.138. The summed E-state index contributed by atoms with van der Waals surface area (Å²) in [4.78, 5) is 45.1. The molecule has 0 bridgehead atoms. The molecule has 9 heteroatoms. The van der Waals surface area contributed by atoms with Crippen molar-refractivity contribution in [1.29, 1.82) is 0 Å². The van der Waals surface area contributed by atoms with Crippen molar-refractivity contribution < 1.29 is 33.4 Å². The Morgan fingerprint density at radius 3 is 2.15 bits per heavy atom. The molecule has 0 aliphatic heterocycles. The van der Waals surface area contributed by atoms with Crippen LogP contribution in [0.15, 0.2) is 72.8 Å². The molecular formula is C25H25FNO6P. The number of aliphatic carboxylic acids is 1. The van der Waals surface area contributed by atoms with Gasteiger partial charge in [0, 0.05) is 12.1 Å². The van der Waals surface area contributed by atoms with Crippen molar-refractivity contribution in [1.82, 2.24) is 4.90 Å². The molecule has 1 unspecified atom stereocenters. The summed E-state index contributed by atoms with van der Waals surface area (Å²) in [5.74, 6) is -1.98. The Hall–Kier alpha value is -3.32. The van der Waals surface area contributed by atoms with E-state index in [9.17, 15) is 33.4 Å². The van der Waals surface area contributed by atoms with E-state index in [1.807, 2.05) is 13.0 Å². The van der Waals surface area contributed by atoms with Crippen LogP contribution in [-0.4, -0.2) is 31.7 Å². The smallest absolute Gasteiger partial charge is 0.329 e. The molecular weight excluding hydrogens is 460 g/mol. The van der Waals surface area contributed by atoms with Crippen LogP contribution in [0.4, 0.5) is 4.39 Å². The number of amides is 1. The largest absolute Gasteiger partial charge is 0.481 e. The molecule has 3 aromatic rings. The zero-order valence-electron chi connectivity index (χ0n) is 18.5. The van der Waals surface area contributed by atoms with Gasteiger partial charge in [0.15, 0.2) is 0 Å². The number of rotatable bonds is 9. The van der Waals surface area contributed by atoms with E-state index >= 15 is 0 Å². The maximum atomic E-state index is 13.6. The Morgan fingerprint density at radius 2 is 1.59 bits per heavy atom. The molecule has 0 heterocycles. The van der Waals surface area contributed by atoms with Crippen molar-refractivity contribution in [3.05, 3.63) is 106 Å². The normalized spacial score (nSPS) is 12.2. The lowest BCUT2D eigenvalue weighted by Crippen LogP contribution is -2.35. The Morgan fingerprint density at radius 1 is 0.971 bits per heavy atom. The van der Waals surface area contributed by atoms with Crippen LogP contribution in [0, 0.1) is 12.7 Å². The summed E-state index contributed by atoms with van der Waals surface area (Å²) in [7, 11) is -4.23. The third kappa shape index (κ3) is 7.09. The average molecular weight is 485 g/mol. The molecule has 7 nitrogen and oxygen atoms in total. The number of carboxylic acid groups (broad SMARTS) is 1.